The number of Topliss-reactive ketones (excluding diaryl/α,β-unsaturated/α-hetero) is 1. The van der Waals surface area contributed by atoms with Crippen LogP contribution in [0.3, 0.4) is 0 Å². The van der Waals surface area contributed by atoms with Crippen molar-refractivity contribution in [2.24, 2.45) is 0 Å². The van der Waals surface area contributed by atoms with Crippen LogP contribution in [-0.2, 0) is 14.6 Å². The highest BCUT2D eigenvalue weighted by molar-refractivity contribution is 7.93. The minimum absolute atomic E-state index is 0.100. The molecule has 2 aromatic rings. The Bertz CT molecular complexity index is 1170. The molecule has 1 unspecified atom stereocenters. The van der Waals surface area contributed by atoms with Gasteiger partial charge in [0.15, 0.2) is 32.4 Å². The number of hydrogen-bond acceptors (Lipinski definition) is 6. The number of sulfone groups is 1. The van der Waals surface area contributed by atoms with Gasteiger partial charge in [-0.2, -0.15) is 0 Å². The number of fused-ring (bicyclic) bond motifs is 2. The average molecular weight is 442 g/mol. The Balaban J connectivity index is 1.50. The molecule has 5 rings (SSSR count). The normalized spacial score (nSPS) is 22.1. The predicted octanol–water partition coefficient (Wildman–Crippen LogP) is 3.75. The number of benzene rings is 2. The molecule has 1 fully saturated rings. The number of ether oxygens (including phenoxy) is 2. The van der Waals surface area contributed by atoms with E-state index in [1.54, 1.807) is 30.3 Å². The zero-order valence-electron chi connectivity index (χ0n) is 16.9. The summed E-state index contributed by atoms with van der Waals surface area (Å²) in [5, 5.41) is 1.26. The summed E-state index contributed by atoms with van der Waals surface area (Å²) in [5.41, 5.74) is 2.02. The van der Waals surface area contributed by atoms with Crippen molar-refractivity contribution in [2.45, 2.75) is 43.3 Å². The highest BCUT2D eigenvalue weighted by atomic mass is 32.2. The van der Waals surface area contributed by atoms with Crippen molar-refractivity contribution in [3.8, 4) is 11.5 Å². The lowest BCUT2D eigenvalue weighted by molar-refractivity contribution is -0.115. The number of amides is 1. The molecule has 2 aliphatic heterocycles. The Morgan fingerprint density at radius 1 is 0.968 bits per heavy atom. The van der Waals surface area contributed by atoms with Gasteiger partial charge in [-0.25, -0.2) is 8.42 Å². The minimum atomic E-state index is -3.98. The number of ketones is 1. The maximum absolute atomic E-state index is 13.2. The lowest BCUT2D eigenvalue weighted by atomic mass is 9.82. The Labute approximate surface area is 180 Å². The molecule has 0 saturated heterocycles. The SMILES string of the molecule is O=C1CS(=O)(=O)C(C(=O)Nc2ccc3c(c2)OCO3)c2cc(C3CCCCC3)ccc21. The van der Waals surface area contributed by atoms with Gasteiger partial charge in [-0.05, 0) is 42.0 Å². The van der Waals surface area contributed by atoms with Crippen LogP contribution < -0.4 is 14.8 Å². The van der Waals surface area contributed by atoms with Gasteiger partial charge in [0.05, 0.1) is 0 Å². The molecule has 0 aromatic heterocycles. The third-order valence-corrected chi connectivity index (χ3v) is 8.16. The fourth-order valence-electron chi connectivity index (χ4n) is 4.77. The van der Waals surface area contributed by atoms with Gasteiger partial charge in [0, 0.05) is 17.3 Å². The number of hydrogen-bond donors (Lipinski definition) is 1. The van der Waals surface area contributed by atoms with Gasteiger partial charge in [-0.15, -0.1) is 0 Å². The van der Waals surface area contributed by atoms with Crippen molar-refractivity contribution < 1.29 is 27.5 Å². The molecule has 1 atom stereocenters. The van der Waals surface area contributed by atoms with Gasteiger partial charge in [-0.1, -0.05) is 37.5 Å². The molecule has 2 aromatic carbocycles. The predicted molar refractivity (Wildman–Crippen MR) is 114 cm³/mol. The smallest absolute Gasteiger partial charge is 0.247 e. The summed E-state index contributed by atoms with van der Waals surface area (Å²) >= 11 is 0. The van der Waals surface area contributed by atoms with Crippen molar-refractivity contribution in [2.75, 3.05) is 17.9 Å². The van der Waals surface area contributed by atoms with E-state index in [-0.39, 0.29) is 12.4 Å². The molecule has 31 heavy (non-hydrogen) atoms. The first-order valence-electron chi connectivity index (χ1n) is 10.5. The van der Waals surface area contributed by atoms with Crippen LogP contribution in [0.25, 0.3) is 0 Å². The van der Waals surface area contributed by atoms with Crippen LogP contribution in [0.2, 0.25) is 0 Å². The summed E-state index contributed by atoms with van der Waals surface area (Å²) in [6, 6.07) is 10.3. The van der Waals surface area contributed by atoms with E-state index in [0.29, 0.717) is 28.7 Å². The largest absolute Gasteiger partial charge is 0.454 e. The van der Waals surface area contributed by atoms with E-state index in [4.69, 9.17) is 9.47 Å². The van der Waals surface area contributed by atoms with Crippen LogP contribution in [0.5, 0.6) is 11.5 Å². The van der Waals surface area contributed by atoms with Crippen LogP contribution in [-0.4, -0.2) is 32.7 Å². The molecular weight excluding hydrogens is 418 g/mol. The molecular formula is C23H23NO6S. The number of rotatable bonds is 3. The van der Waals surface area contributed by atoms with Crippen LogP contribution in [0.15, 0.2) is 36.4 Å². The molecule has 8 heteroatoms. The zero-order valence-corrected chi connectivity index (χ0v) is 17.7. The number of anilines is 1. The Morgan fingerprint density at radius 3 is 2.55 bits per heavy atom. The van der Waals surface area contributed by atoms with Crippen LogP contribution >= 0.6 is 0 Å². The van der Waals surface area contributed by atoms with E-state index < -0.39 is 32.5 Å². The molecule has 0 spiro atoms. The summed E-state index contributed by atoms with van der Waals surface area (Å²) in [5.74, 6) is -0.417. The van der Waals surface area contributed by atoms with Gasteiger partial charge in [0.25, 0.3) is 0 Å². The number of nitrogens with one attached hydrogen (secondary N) is 1. The topological polar surface area (TPSA) is 98.8 Å². The molecule has 2 heterocycles. The summed E-state index contributed by atoms with van der Waals surface area (Å²) in [4.78, 5) is 25.7. The lowest BCUT2D eigenvalue weighted by Gasteiger charge is -2.27. The highest BCUT2D eigenvalue weighted by Gasteiger charge is 2.43. The second kappa shape index (κ2) is 7.67. The average Bonchev–Trinajstić information content (AvgIpc) is 3.21. The standard InChI is InChI=1S/C23H23NO6S/c25-19-12-31(27,28)22(23(26)24-16-7-9-20-21(11-16)30-13-29-20)18-10-15(6-8-17(18)19)14-4-2-1-3-5-14/h6-11,14,22H,1-5,12-13H2,(H,24,26). The van der Waals surface area contributed by atoms with Crippen molar-refractivity contribution in [1.29, 1.82) is 0 Å². The monoisotopic (exact) mass is 441 g/mol. The van der Waals surface area contributed by atoms with Crippen LogP contribution in [0, 0.1) is 0 Å². The van der Waals surface area contributed by atoms with Crippen LogP contribution in [0.1, 0.15) is 64.8 Å². The third kappa shape index (κ3) is 3.69. The maximum atomic E-state index is 13.2. The molecule has 0 bridgehead atoms. The molecule has 1 N–H and O–H groups in total. The van der Waals surface area contributed by atoms with Gasteiger partial charge in [0.1, 0.15) is 5.75 Å². The Hall–Kier alpha value is -2.87. The van der Waals surface area contributed by atoms with E-state index in [1.807, 2.05) is 6.07 Å². The molecule has 0 radical (unpaired) electrons. The van der Waals surface area contributed by atoms with Gasteiger partial charge < -0.3 is 14.8 Å². The lowest BCUT2D eigenvalue weighted by Crippen LogP contribution is -2.37. The fourth-order valence-corrected chi connectivity index (χ4v) is 6.42. The first kappa shape index (κ1) is 20.1. The fraction of sp³-hybridized carbons (Fsp3) is 0.391. The summed E-state index contributed by atoms with van der Waals surface area (Å²) in [6.07, 6.45) is 5.54. The van der Waals surface area contributed by atoms with Gasteiger partial charge >= 0.3 is 0 Å². The second-order valence-electron chi connectivity index (χ2n) is 8.35. The number of carbonyl (C=O) groups excluding carboxylic acids is 2. The third-order valence-electron chi connectivity index (χ3n) is 6.30. The quantitative estimate of drug-likeness (QED) is 0.779. The van der Waals surface area contributed by atoms with Gasteiger partial charge in [0.2, 0.25) is 12.7 Å². The molecule has 1 saturated carbocycles. The summed E-state index contributed by atoms with van der Waals surface area (Å²) < 4.78 is 36.5. The highest BCUT2D eigenvalue weighted by Crippen LogP contribution is 2.39. The first-order chi connectivity index (χ1) is 14.9. The van der Waals surface area contributed by atoms with Crippen LogP contribution in [0.4, 0.5) is 5.69 Å². The summed E-state index contributed by atoms with van der Waals surface area (Å²) in [6.45, 7) is 0.100. The summed E-state index contributed by atoms with van der Waals surface area (Å²) in [7, 11) is -3.98. The Morgan fingerprint density at radius 2 is 1.74 bits per heavy atom. The van der Waals surface area contributed by atoms with Crippen molar-refractivity contribution >= 4 is 27.2 Å². The second-order valence-corrected chi connectivity index (χ2v) is 10.4. The van der Waals surface area contributed by atoms with Gasteiger partial charge in [-0.3, -0.25) is 9.59 Å². The van der Waals surface area contributed by atoms with Crippen molar-refractivity contribution in [3.63, 3.8) is 0 Å². The van der Waals surface area contributed by atoms with E-state index in [0.717, 1.165) is 31.2 Å². The maximum Gasteiger partial charge on any atom is 0.247 e. The van der Waals surface area contributed by atoms with E-state index >= 15 is 0 Å². The zero-order chi connectivity index (χ0) is 21.6. The van der Waals surface area contributed by atoms with Crippen molar-refractivity contribution in [1.82, 2.24) is 0 Å². The number of carbonyl (C=O) groups is 2. The molecule has 1 aliphatic carbocycles. The molecule has 7 nitrogen and oxygen atoms in total. The molecule has 3 aliphatic rings. The minimum Gasteiger partial charge on any atom is -0.454 e. The first-order valence-corrected chi connectivity index (χ1v) is 12.2. The van der Waals surface area contributed by atoms with E-state index in [9.17, 15) is 18.0 Å². The molecule has 162 valence electrons. The Kier molecular flexibility index (Phi) is 4.97. The molecule has 1 amide bonds. The van der Waals surface area contributed by atoms with E-state index in [1.165, 1.54) is 6.42 Å². The van der Waals surface area contributed by atoms with Crippen molar-refractivity contribution in [3.05, 3.63) is 53.1 Å². The van der Waals surface area contributed by atoms with E-state index in [2.05, 4.69) is 5.32 Å².